The van der Waals surface area contributed by atoms with Gasteiger partial charge in [0.2, 0.25) is 0 Å². The van der Waals surface area contributed by atoms with Crippen molar-refractivity contribution in [3.8, 4) is 6.07 Å². The lowest BCUT2D eigenvalue weighted by Crippen LogP contribution is -1.96. The molecule has 1 aromatic carbocycles. The number of nitrogens with zero attached hydrogens (tertiary/aromatic N) is 3. The summed E-state index contributed by atoms with van der Waals surface area (Å²) in [6.07, 6.45) is 5.07. The van der Waals surface area contributed by atoms with Crippen molar-refractivity contribution in [3.05, 3.63) is 59.5 Å². The van der Waals surface area contributed by atoms with Crippen molar-refractivity contribution in [3.63, 3.8) is 0 Å². The van der Waals surface area contributed by atoms with Gasteiger partial charge in [-0.25, -0.2) is 4.98 Å². The molecular formula is C15H9ClN4. The van der Waals surface area contributed by atoms with Gasteiger partial charge in [-0.1, -0.05) is 23.7 Å². The maximum Gasteiger partial charge on any atom is 0.150 e. The number of halogens is 1. The third kappa shape index (κ3) is 2.15. The SMILES string of the molecule is N#Cc1ccnc(Nc2cccc3ccncc23)c1Cl. The lowest BCUT2D eigenvalue weighted by Gasteiger charge is -2.10. The summed E-state index contributed by atoms with van der Waals surface area (Å²) >= 11 is 6.15. The molecule has 0 saturated heterocycles. The second-order valence-corrected chi connectivity index (χ2v) is 4.54. The van der Waals surface area contributed by atoms with Crippen LogP contribution in [-0.2, 0) is 0 Å². The normalized spacial score (nSPS) is 10.2. The molecule has 0 aliphatic rings. The van der Waals surface area contributed by atoms with E-state index >= 15 is 0 Å². The second-order valence-electron chi connectivity index (χ2n) is 4.16. The lowest BCUT2D eigenvalue weighted by molar-refractivity contribution is 1.29. The number of benzene rings is 1. The number of hydrogen-bond donors (Lipinski definition) is 1. The Morgan fingerprint density at radius 1 is 1.15 bits per heavy atom. The van der Waals surface area contributed by atoms with Gasteiger partial charge in [-0.15, -0.1) is 0 Å². The number of nitriles is 1. The highest BCUT2D eigenvalue weighted by atomic mass is 35.5. The molecule has 0 fully saturated rings. The van der Waals surface area contributed by atoms with Gasteiger partial charge in [-0.05, 0) is 23.6 Å². The van der Waals surface area contributed by atoms with Gasteiger partial charge in [0.05, 0.1) is 5.56 Å². The quantitative estimate of drug-likeness (QED) is 0.773. The number of hydrogen-bond acceptors (Lipinski definition) is 4. The number of pyridine rings is 2. The summed E-state index contributed by atoms with van der Waals surface area (Å²) in [7, 11) is 0. The third-order valence-corrected chi connectivity index (χ3v) is 3.33. The predicted octanol–water partition coefficient (Wildman–Crippen LogP) is 3.90. The highest BCUT2D eigenvalue weighted by molar-refractivity contribution is 6.34. The summed E-state index contributed by atoms with van der Waals surface area (Å²) in [5.41, 5.74) is 1.24. The zero-order valence-corrected chi connectivity index (χ0v) is 11.1. The molecule has 1 N–H and O–H groups in total. The lowest BCUT2D eigenvalue weighted by atomic mass is 10.1. The van der Waals surface area contributed by atoms with Crippen molar-refractivity contribution in [1.82, 2.24) is 9.97 Å². The van der Waals surface area contributed by atoms with Crippen LogP contribution in [-0.4, -0.2) is 9.97 Å². The van der Waals surface area contributed by atoms with Crippen molar-refractivity contribution in [1.29, 1.82) is 5.26 Å². The minimum Gasteiger partial charge on any atom is -0.338 e. The summed E-state index contributed by atoms with van der Waals surface area (Å²) in [6, 6.07) is 11.4. The molecule has 4 nitrogen and oxygen atoms in total. The van der Waals surface area contributed by atoms with E-state index in [1.807, 2.05) is 30.3 Å². The fourth-order valence-electron chi connectivity index (χ4n) is 1.97. The monoisotopic (exact) mass is 280 g/mol. The molecule has 20 heavy (non-hydrogen) atoms. The van der Waals surface area contributed by atoms with E-state index in [2.05, 4.69) is 15.3 Å². The number of fused-ring (bicyclic) bond motifs is 1. The van der Waals surface area contributed by atoms with Crippen LogP contribution in [0.25, 0.3) is 10.8 Å². The standard InChI is InChI=1S/C15H9ClN4/c16-14-11(8-17)5-7-19-15(14)20-13-3-1-2-10-4-6-18-9-12(10)13/h1-7,9H,(H,19,20). The molecule has 3 rings (SSSR count). The van der Waals surface area contributed by atoms with Gasteiger partial charge in [0.15, 0.2) is 5.82 Å². The molecule has 2 heterocycles. The smallest absolute Gasteiger partial charge is 0.150 e. The molecule has 0 spiro atoms. The van der Waals surface area contributed by atoms with E-state index in [9.17, 15) is 0 Å². The topological polar surface area (TPSA) is 61.6 Å². The van der Waals surface area contributed by atoms with Crippen molar-refractivity contribution in [2.75, 3.05) is 5.32 Å². The molecule has 0 atom stereocenters. The summed E-state index contributed by atoms with van der Waals surface area (Å²) in [5.74, 6) is 0.460. The minimum absolute atomic E-state index is 0.316. The predicted molar refractivity (Wildman–Crippen MR) is 79.0 cm³/mol. The maximum absolute atomic E-state index is 8.98. The Balaban J connectivity index is 2.09. The van der Waals surface area contributed by atoms with Crippen LogP contribution in [0.3, 0.4) is 0 Å². The van der Waals surface area contributed by atoms with Crippen LogP contribution >= 0.6 is 11.6 Å². The fourth-order valence-corrected chi connectivity index (χ4v) is 2.17. The molecule has 96 valence electrons. The van der Waals surface area contributed by atoms with Crippen LogP contribution in [0.2, 0.25) is 5.02 Å². The van der Waals surface area contributed by atoms with Crippen LogP contribution < -0.4 is 5.32 Å². The van der Waals surface area contributed by atoms with Crippen molar-refractivity contribution in [2.24, 2.45) is 0 Å². The Labute approximate surface area is 120 Å². The fraction of sp³-hybridized carbons (Fsp3) is 0. The Morgan fingerprint density at radius 3 is 2.90 bits per heavy atom. The van der Waals surface area contributed by atoms with Gasteiger partial charge in [0.25, 0.3) is 0 Å². The van der Waals surface area contributed by atoms with Gasteiger partial charge in [-0.3, -0.25) is 4.98 Å². The number of anilines is 2. The zero-order chi connectivity index (χ0) is 13.9. The van der Waals surface area contributed by atoms with Crippen molar-refractivity contribution >= 4 is 33.9 Å². The first kappa shape index (κ1) is 12.4. The van der Waals surface area contributed by atoms with E-state index in [-0.39, 0.29) is 0 Å². The molecule has 0 bridgehead atoms. The molecule has 0 aliphatic heterocycles. The molecular weight excluding hydrogens is 272 g/mol. The Morgan fingerprint density at radius 2 is 2.05 bits per heavy atom. The molecule has 0 aliphatic carbocycles. The summed E-state index contributed by atoms with van der Waals surface area (Å²) in [4.78, 5) is 8.30. The minimum atomic E-state index is 0.316. The van der Waals surface area contributed by atoms with E-state index in [0.717, 1.165) is 16.5 Å². The molecule has 5 heteroatoms. The first-order valence-electron chi connectivity index (χ1n) is 5.94. The van der Waals surface area contributed by atoms with Crippen LogP contribution in [0.4, 0.5) is 11.5 Å². The molecule has 0 saturated carbocycles. The highest BCUT2D eigenvalue weighted by Gasteiger charge is 2.09. The number of aromatic nitrogens is 2. The molecule has 3 aromatic rings. The first-order valence-corrected chi connectivity index (χ1v) is 6.32. The van der Waals surface area contributed by atoms with E-state index < -0.39 is 0 Å². The van der Waals surface area contributed by atoms with E-state index in [4.69, 9.17) is 16.9 Å². The summed E-state index contributed by atoms with van der Waals surface area (Å²) < 4.78 is 0. The summed E-state index contributed by atoms with van der Waals surface area (Å²) in [6.45, 7) is 0. The van der Waals surface area contributed by atoms with Crippen LogP contribution in [0, 0.1) is 11.3 Å². The molecule has 0 amide bonds. The van der Waals surface area contributed by atoms with Gasteiger partial charge in [-0.2, -0.15) is 5.26 Å². The van der Waals surface area contributed by atoms with E-state index in [1.165, 1.54) is 0 Å². The first-order chi connectivity index (χ1) is 9.79. The Kier molecular flexibility index (Phi) is 3.20. The second kappa shape index (κ2) is 5.16. The van der Waals surface area contributed by atoms with Gasteiger partial charge >= 0.3 is 0 Å². The highest BCUT2D eigenvalue weighted by Crippen LogP contribution is 2.29. The number of rotatable bonds is 2. The zero-order valence-electron chi connectivity index (χ0n) is 10.3. The van der Waals surface area contributed by atoms with Crippen molar-refractivity contribution in [2.45, 2.75) is 0 Å². The third-order valence-electron chi connectivity index (χ3n) is 2.95. The molecule has 2 aromatic heterocycles. The van der Waals surface area contributed by atoms with Crippen LogP contribution in [0.1, 0.15) is 5.56 Å². The Bertz CT molecular complexity index is 818. The van der Waals surface area contributed by atoms with E-state index in [0.29, 0.717) is 16.4 Å². The van der Waals surface area contributed by atoms with Crippen LogP contribution in [0.5, 0.6) is 0 Å². The average Bonchev–Trinajstić information content (AvgIpc) is 2.50. The van der Waals surface area contributed by atoms with Gasteiger partial charge in [0.1, 0.15) is 11.1 Å². The number of nitrogens with one attached hydrogen (secondary N) is 1. The largest absolute Gasteiger partial charge is 0.338 e. The van der Waals surface area contributed by atoms with Crippen LogP contribution in [0.15, 0.2) is 48.9 Å². The maximum atomic E-state index is 8.98. The summed E-state index contributed by atoms with van der Waals surface area (Å²) in [5, 5.41) is 14.5. The van der Waals surface area contributed by atoms with E-state index in [1.54, 1.807) is 24.7 Å². The average molecular weight is 281 g/mol. The van der Waals surface area contributed by atoms with Gasteiger partial charge in [0, 0.05) is 29.7 Å². The van der Waals surface area contributed by atoms with Crippen molar-refractivity contribution < 1.29 is 0 Å². The molecule has 0 unspecified atom stereocenters. The van der Waals surface area contributed by atoms with Gasteiger partial charge < -0.3 is 5.32 Å². The Hall–Kier alpha value is -2.64. The molecule has 0 radical (unpaired) electrons.